The fourth-order valence-electron chi connectivity index (χ4n) is 2.80. The maximum absolute atomic E-state index is 6.51. The second kappa shape index (κ2) is 9.43. The number of hydrogen-bond acceptors (Lipinski definition) is 3. The van der Waals surface area contributed by atoms with E-state index in [1.165, 1.54) is 5.56 Å². The maximum Gasteiger partial charge on any atom is 0.180 e. The van der Waals surface area contributed by atoms with Crippen LogP contribution in [0.2, 0.25) is 5.02 Å². The van der Waals surface area contributed by atoms with Crippen molar-refractivity contribution >= 4 is 23.5 Å². The zero-order valence-corrected chi connectivity index (χ0v) is 17.2. The van der Waals surface area contributed by atoms with Crippen LogP contribution in [0.1, 0.15) is 29.2 Å². The Kier molecular flexibility index (Phi) is 6.72. The summed E-state index contributed by atoms with van der Waals surface area (Å²) in [6, 6.07) is 19.9. The lowest BCUT2D eigenvalue weighted by atomic mass is 10.1. The fraction of sp³-hybridized carbons (Fsp3) is 0.208. The van der Waals surface area contributed by atoms with Gasteiger partial charge in [0.05, 0.1) is 17.3 Å². The first-order valence-corrected chi connectivity index (χ1v) is 9.69. The Bertz CT molecular complexity index is 968. The fourth-order valence-corrected chi connectivity index (χ4v) is 3.07. The summed E-state index contributed by atoms with van der Waals surface area (Å²) in [7, 11) is 0. The van der Waals surface area contributed by atoms with Gasteiger partial charge >= 0.3 is 0 Å². The third kappa shape index (κ3) is 5.14. The van der Waals surface area contributed by atoms with E-state index in [2.05, 4.69) is 30.1 Å². The van der Waals surface area contributed by atoms with E-state index in [0.29, 0.717) is 29.7 Å². The van der Waals surface area contributed by atoms with Gasteiger partial charge in [-0.05, 0) is 61.2 Å². The highest BCUT2D eigenvalue weighted by Crippen LogP contribution is 2.37. The summed E-state index contributed by atoms with van der Waals surface area (Å²) in [6.45, 7) is 6.99. The first-order valence-electron chi connectivity index (χ1n) is 9.31. The van der Waals surface area contributed by atoms with Gasteiger partial charge in [-0.2, -0.15) is 0 Å². The SMILES string of the molecule is CCOc1cc(C=Nc2cc(C)ccc2C)cc(Cl)c1OCc1ccccc1. The molecule has 0 fully saturated rings. The van der Waals surface area contributed by atoms with Crippen LogP contribution in [0.25, 0.3) is 0 Å². The lowest BCUT2D eigenvalue weighted by Crippen LogP contribution is -2.01. The number of hydrogen-bond donors (Lipinski definition) is 0. The van der Waals surface area contributed by atoms with Gasteiger partial charge < -0.3 is 9.47 Å². The van der Waals surface area contributed by atoms with E-state index < -0.39 is 0 Å². The second-order valence-corrected chi connectivity index (χ2v) is 6.99. The van der Waals surface area contributed by atoms with Crippen molar-refractivity contribution in [3.8, 4) is 11.5 Å². The molecule has 0 amide bonds. The van der Waals surface area contributed by atoms with E-state index >= 15 is 0 Å². The summed E-state index contributed by atoms with van der Waals surface area (Å²) < 4.78 is 11.7. The van der Waals surface area contributed by atoms with Crippen molar-refractivity contribution in [1.29, 1.82) is 0 Å². The Morgan fingerprint density at radius 1 is 0.964 bits per heavy atom. The van der Waals surface area contributed by atoms with Crippen LogP contribution in [0.4, 0.5) is 5.69 Å². The van der Waals surface area contributed by atoms with Crippen LogP contribution in [0.3, 0.4) is 0 Å². The molecule has 0 radical (unpaired) electrons. The van der Waals surface area contributed by atoms with Crippen molar-refractivity contribution < 1.29 is 9.47 Å². The number of benzene rings is 3. The highest BCUT2D eigenvalue weighted by Gasteiger charge is 2.12. The Labute approximate surface area is 171 Å². The third-order valence-corrected chi connectivity index (χ3v) is 4.56. The zero-order valence-electron chi connectivity index (χ0n) is 16.4. The number of halogens is 1. The molecule has 0 atom stereocenters. The van der Waals surface area contributed by atoms with Crippen LogP contribution in [-0.2, 0) is 6.61 Å². The van der Waals surface area contributed by atoms with Gasteiger partial charge in [0.2, 0.25) is 0 Å². The number of ether oxygens (including phenoxy) is 2. The predicted octanol–water partition coefficient (Wildman–Crippen LogP) is 6.69. The van der Waals surface area contributed by atoms with E-state index in [-0.39, 0.29) is 0 Å². The lowest BCUT2D eigenvalue weighted by molar-refractivity contribution is 0.269. The molecule has 3 aromatic rings. The summed E-state index contributed by atoms with van der Waals surface area (Å²) in [5, 5.41) is 0.504. The molecule has 0 aliphatic rings. The van der Waals surface area contributed by atoms with Gasteiger partial charge in [0, 0.05) is 6.21 Å². The Morgan fingerprint density at radius 3 is 2.50 bits per heavy atom. The van der Waals surface area contributed by atoms with E-state index in [4.69, 9.17) is 21.1 Å². The molecular weight excluding hydrogens is 370 g/mol. The van der Waals surface area contributed by atoms with Crippen LogP contribution >= 0.6 is 11.6 Å². The van der Waals surface area contributed by atoms with Gasteiger partial charge in [0.25, 0.3) is 0 Å². The van der Waals surface area contributed by atoms with Crippen molar-refractivity contribution in [2.24, 2.45) is 4.99 Å². The van der Waals surface area contributed by atoms with E-state index in [1.54, 1.807) is 6.21 Å². The summed E-state index contributed by atoms with van der Waals surface area (Å²) in [6.07, 6.45) is 1.80. The summed E-state index contributed by atoms with van der Waals surface area (Å²) in [5.41, 5.74) is 5.18. The van der Waals surface area contributed by atoms with E-state index in [1.807, 2.05) is 56.3 Å². The molecule has 3 nitrogen and oxygen atoms in total. The topological polar surface area (TPSA) is 30.8 Å². The van der Waals surface area contributed by atoms with E-state index in [9.17, 15) is 0 Å². The van der Waals surface area contributed by atoms with Gasteiger partial charge in [-0.25, -0.2) is 0 Å². The van der Waals surface area contributed by atoms with Gasteiger partial charge in [0.1, 0.15) is 6.61 Å². The predicted molar refractivity (Wildman–Crippen MR) is 117 cm³/mol. The van der Waals surface area contributed by atoms with Gasteiger partial charge in [-0.3, -0.25) is 4.99 Å². The van der Waals surface area contributed by atoms with E-state index in [0.717, 1.165) is 22.4 Å². The summed E-state index contributed by atoms with van der Waals surface area (Å²) >= 11 is 6.51. The average Bonchev–Trinajstić information content (AvgIpc) is 2.69. The summed E-state index contributed by atoms with van der Waals surface area (Å²) in [4.78, 5) is 4.62. The van der Waals surface area contributed by atoms with Crippen molar-refractivity contribution in [2.75, 3.05) is 6.61 Å². The largest absolute Gasteiger partial charge is 0.490 e. The Morgan fingerprint density at radius 2 is 1.75 bits per heavy atom. The molecule has 3 rings (SSSR count). The van der Waals surface area contributed by atoms with Crippen molar-refractivity contribution in [1.82, 2.24) is 0 Å². The average molecular weight is 394 g/mol. The van der Waals surface area contributed by atoms with Crippen LogP contribution in [0, 0.1) is 13.8 Å². The molecule has 0 unspecified atom stereocenters. The minimum Gasteiger partial charge on any atom is -0.490 e. The molecule has 0 N–H and O–H groups in total. The second-order valence-electron chi connectivity index (χ2n) is 6.59. The first kappa shape index (κ1) is 20.0. The quantitative estimate of drug-likeness (QED) is 0.419. The molecule has 0 aliphatic heterocycles. The minimum atomic E-state index is 0.427. The number of aliphatic imine (C=N–C) groups is 1. The smallest absolute Gasteiger partial charge is 0.180 e. The number of rotatable bonds is 7. The molecule has 28 heavy (non-hydrogen) atoms. The normalized spacial score (nSPS) is 11.0. The monoisotopic (exact) mass is 393 g/mol. The summed E-state index contributed by atoms with van der Waals surface area (Å²) in [5.74, 6) is 1.17. The van der Waals surface area contributed by atoms with Crippen molar-refractivity contribution in [3.05, 3.63) is 87.9 Å². The molecule has 144 valence electrons. The minimum absolute atomic E-state index is 0.427. The van der Waals surface area contributed by atoms with Crippen LogP contribution in [0.15, 0.2) is 65.7 Å². The van der Waals surface area contributed by atoms with Crippen molar-refractivity contribution in [2.45, 2.75) is 27.4 Å². The molecule has 0 saturated heterocycles. The molecule has 0 bridgehead atoms. The van der Waals surface area contributed by atoms with Crippen molar-refractivity contribution in [3.63, 3.8) is 0 Å². The van der Waals surface area contributed by atoms with Gasteiger partial charge in [-0.15, -0.1) is 0 Å². The molecule has 0 saturated carbocycles. The molecule has 3 aromatic carbocycles. The van der Waals surface area contributed by atoms with Gasteiger partial charge in [0.15, 0.2) is 11.5 Å². The number of aryl methyl sites for hydroxylation is 2. The molecule has 0 aromatic heterocycles. The Balaban J connectivity index is 1.85. The number of nitrogens with zero attached hydrogens (tertiary/aromatic N) is 1. The molecular formula is C24H24ClNO2. The highest BCUT2D eigenvalue weighted by atomic mass is 35.5. The van der Waals surface area contributed by atoms with Gasteiger partial charge in [-0.1, -0.05) is 54.1 Å². The third-order valence-electron chi connectivity index (χ3n) is 4.28. The van der Waals surface area contributed by atoms with Crippen LogP contribution in [-0.4, -0.2) is 12.8 Å². The standard InChI is InChI=1S/C24H24ClNO2/c1-4-27-23-14-20(15-26-22-12-17(2)10-11-18(22)3)13-21(25)24(23)28-16-19-8-6-5-7-9-19/h5-15H,4,16H2,1-3H3. The maximum atomic E-state index is 6.51. The van der Waals surface area contributed by atoms with Crippen LogP contribution in [0.5, 0.6) is 11.5 Å². The Hall–Kier alpha value is -2.78. The first-order chi connectivity index (χ1) is 13.6. The highest BCUT2D eigenvalue weighted by molar-refractivity contribution is 6.32. The molecule has 0 spiro atoms. The zero-order chi connectivity index (χ0) is 19.9. The lowest BCUT2D eigenvalue weighted by Gasteiger charge is -2.14. The molecule has 4 heteroatoms. The van der Waals surface area contributed by atoms with Crippen LogP contribution < -0.4 is 9.47 Å². The molecule has 0 heterocycles. The molecule has 0 aliphatic carbocycles.